The Morgan fingerprint density at radius 1 is 1.06 bits per heavy atom. The molecule has 0 radical (unpaired) electrons. The van der Waals surface area contributed by atoms with Crippen molar-refractivity contribution in [2.24, 2.45) is 0 Å². The number of benzene rings is 2. The maximum absolute atomic E-state index is 14.4. The predicted molar refractivity (Wildman–Crippen MR) is 124 cm³/mol. The number of nitrogens with one attached hydrogen (secondary N) is 2. The Bertz CT molecular complexity index is 1090. The lowest BCUT2D eigenvalue weighted by Crippen LogP contribution is -2.41. The fourth-order valence-electron chi connectivity index (χ4n) is 2.94. The van der Waals surface area contributed by atoms with E-state index >= 15 is 0 Å². The number of rotatable bonds is 10. The molecule has 3 amide bonds. The first-order chi connectivity index (χ1) is 16.0. The van der Waals surface area contributed by atoms with E-state index in [-0.39, 0.29) is 31.6 Å². The number of carbonyl (C=O) groups is 3. The molecule has 3 rings (SSSR count). The molecule has 0 aliphatic heterocycles. The SMILES string of the molecule is COc1ccc(CNC(=O)CN(C(=O)CCC(=O)Nc2nccs2)c2ccccc2F)cc1. The van der Waals surface area contributed by atoms with Gasteiger partial charge in [0.05, 0.1) is 12.8 Å². The summed E-state index contributed by atoms with van der Waals surface area (Å²) in [5, 5.41) is 7.45. The van der Waals surface area contributed by atoms with Crippen LogP contribution in [0.4, 0.5) is 15.2 Å². The lowest BCUT2D eigenvalue weighted by Gasteiger charge is -2.23. The molecule has 0 bridgehead atoms. The summed E-state index contributed by atoms with van der Waals surface area (Å²) in [5.74, 6) is -1.35. The second-order valence-electron chi connectivity index (χ2n) is 6.94. The molecule has 1 heterocycles. The van der Waals surface area contributed by atoms with Crippen LogP contribution in [-0.2, 0) is 20.9 Å². The van der Waals surface area contributed by atoms with Crippen molar-refractivity contribution in [2.45, 2.75) is 19.4 Å². The summed E-state index contributed by atoms with van der Waals surface area (Å²) in [6.07, 6.45) is 1.23. The maximum Gasteiger partial charge on any atom is 0.240 e. The molecule has 0 spiro atoms. The number of carbonyl (C=O) groups excluding carboxylic acids is 3. The Morgan fingerprint density at radius 3 is 2.48 bits per heavy atom. The topological polar surface area (TPSA) is 101 Å². The molecule has 0 fully saturated rings. The van der Waals surface area contributed by atoms with Crippen LogP contribution in [0.3, 0.4) is 0 Å². The van der Waals surface area contributed by atoms with Crippen LogP contribution < -0.4 is 20.3 Å². The van der Waals surface area contributed by atoms with E-state index in [9.17, 15) is 18.8 Å². The Labute approximate surface area is 194 Å². The Hall–Kier alpha value is -3.79. The van der Waals surface area contributed by atoms with Crippen molar-refractivity contribution in [2.75, 3.05) is 23.9 Å². The summed E-state index contributed by atoms with van der Waals surface area (Å²) in [5.41, 5.74) is 0.814. The highest BCUT2D eigenvalue weighted by Gasteiger charge is 2.22. The molecular weight excluding hydrogens is 447 g/mol. The van der Waals surface area contributed by atoms with Crippen LogP contribution in [0.2, 0.25) is 0 Å². The smallest absolute Gasteiger partial charge is 0.240 e. The molecule has 1 aromatic heterocycles. The second kappa shape index (κ2) is 11.7. The van der Waals surface area contributed by atoms with Gasteiger partial charge in [-0.05, 0) is 29.8 Å². The summed E-state index contributed by atoms with van der Waals surface area (Å²) in [6, 6.07) is 12.8. The molecule has 0 unspecified atom stereocenters. The van der Waals surface area contributed by atoms with Gasteiger partial charge in [0.1, 0.15) is 18.1 Å². The maximum atomic E-state index is 14.4. The number of amides is 3. The molecule has 0 atom stereocenters. The van der Waals surface area contributed by atoms with Crippen LogP contribution >= 0.6 is 11.3 Å². The zero-order valence-electron chi connectivity index (χ0n) is 17.9. The number of nitrogens with zero attached hydrogens (tertiary/aromatic N) is 2. The minimum absolute atomic E-state index is 0.0255. The number of halogens is 1. The minimum Gasteiger partial charge on any atom is -0.497 e. The zero-order chi connectivity index (χ0) is 23.6. The number of methoxy groups -OCH3 is 1. The van der Waals surface area contributed by atoms with Gasteiger partial charge in [0.25, 0.3) is 0 Å². The average Bonchev–Trinajstić information content (AvgIpc) is 3.33. The van der Waals surface area contributed by atoms with E-state index in [1.54, 1.807) is 49.0 Å². The molecule has 2 N–H and O–H groups in total. The fourth-order valence-corrected chi connectivity index (χ4v) is 3.49. The van der Waals surface area contributed by atoms with Gasteiger partial charge in [0.15, 0.2) is 5.13 Å². The van der Waals surface area contributed by atoms with Crippen LogP contribution in [0.25, 0.3) is 0 Å². The molecule has 33 heavy (non-hydrogen) atoms. The molecule has 3 aromatic rings. The van der Waals surface area contributed by atoms with E-state index in [1.165, 1.54) is 29.5 Å². The average molecular weight is 471 g/mol. The molecular formula is C23H23FN4O4S. The highest BCUT2D eigenvalue weighted by atomic mass is 32.1. The third-order valence-corrected chi connectivity index (χ3v) is 5.33. The van der Waals surface area contributed by atoms with E-state index in [0.717, 1.165) is 10.5 Å². The molecule has 172 valence electrons. The number of ether oxygens (including phenoxy) is 1. The first-order valence-corrected chi connectivity index (χ1v) is 11.0. The van der Waals surface area contributed by atoms with Crippen molar-refractivity contribution < 1.29 is 23.5 Å². The highest BCUT2D eigenvalue weighted by molar-refractivity contribution is 7.13. The zero-order valence-corrected chi connectivity index (χ0v) is 18.7. The van der Waals surface area contributed by atoms with Gasteiger partial charge >= 0.3 is 0 Å². The van der Waals surface area contributed by atoms with Crippen molar-refractivity contribution in [3.8, 4) is 5.75 Å². The summed E-state index contributed by atoms with van der Waals surface area (Å²) >= 11 is 1.26. The van der Waals surface area contributed by atoms with E-state index in [0.29, 0.717) is 10.9 Å². The van der Waals surface area contributed by atoms with Gasteiger partial charge in [-0.2, -0.15) is 0 Å². The van der Waals surface area contributed by atoms with Crippen molar-refractivity contribution in [1.29, 1.82) is 0 Å². The van der Waals surface area contributed by atoms with Crippen LogP contribution in [0.15, 0.2) is 60.1 Å². The molecule has 0 aliphatic carbocycles. The third-order valence-electron chi connectivity index (χ3n) is 4.64. The first-order valence-electron chi connectivity index (χ1n) is 10.1. The standard InChI is InChI=1S/C23H23FN4O4S/c1-32-17-8-6-16(7-9-17)14-26-21(30)15-28(19-5-3-2-4-18(19)24)22(31)11-10-20(29)27-23-25-12-13-33-23/h2-9,12-13H,10-11,14-15H2,1H3,(H,26,30)(H,25,27,29). The summed E-state index contributed by atoms with van der Waals surface area (Å²) < 4.78 is 19.5. The summed E-state index contributed by atoms with van der Waals surface area (Å²) in [6.45, 7) is -0.150. The molecule has 0 saturated heterocycles. The van der Waals surface area contributed by atoms with Crippen LogP contribution in [-0.4, -0.2) is 36.4 Å². The van der Waals surface area contributed by atoms with Crippen LogP contribution in [0, 0.1) is 5.82 Å². The Balaban J connectivity index is 1.62. The predicted octanol–water partition coefficient (Wildman–Crippen LogP) is 3.36. The van der Waals surface area contributed by atoms with E-state index in [4.69, 9.17) is 4.74 Å². The first kappa shape index (κ1) is 23.9. The molecule has 8 nitrogen and oxygen atoms in total. The van der Waals surface area contributed by atoms with Gasteiger partial charge < -0.3 is 20.3 Å². The van der Waals surface area contributed by atoms with Gasteiger partial charge in [-0.3, -0.25) is 14.4 Å². The highest BCUT2D eigenvalue weighted by Crippen LogP contribution is 2.20. The van der Waals surface area contributed by atoms with Gasteiger partial charge in [0, 0.05) is 31.0 Å². The normalized spacial score (nSPS) is 10.4. The van der Waals surface area contributed by atoms with Crippen LogP contribution in [0.5, 0.6) is 5.75 Å². The Kier molecular flexibility index (Phi) is 8.48. The monoisotopic (exact) mass is 470 g/mol. The lowest BCUT2D eigenvalue weighted by atomic mass is 10.2. The van der Waals surface area contributed by atoms with Crippen molar-refractivity contribution >= 4 is 39.9 Å². The summed E-state index contributed by atoms with van der Waals surface area (Å²) in [7, 11) is 1.56. The van der Waals surface area contributed by atoms with Crippen molar-refractivity contribution in [3.63, 3.8) is 0 Å². The van der Waals surface area contributed by atoms with Crippen LogP contribution in [0.1, 0.15) is 18.4 Å². The van der Waals surface area contributed by atoms with E-state index < -0.39 is 23.5 Å². The van der Waals surface area contributed by atoms with Gasteiger partial charge in [-0.15, -0.1) is 11.3 Å². The van der Waals surface area contributed by atoms with Crippen molar-refractivity contribution in [1.82, 2.24) is 10.3 Å². The quantitative estimate of drug-likeness (QED) is 0.473. The number of anilines is 2. The van der Waals surface area contributed by atoms with Gasteiger partial charge in [-0.25, -0.2) is 9.37 Å². The number of aromatic nitrogens is 1. The minimum atomic E-state index is -0.638. The number of para-hydroxylation sites is 1. The molecule has 0 aliphatic rings. The number of hydrogen-bond acceptors (Lipinski definition) is 6. The van der Waals surface area contributed by atoms with Crippen molar-refractivity contribution in [3.05, 3.63) is 71.5 Å². The summed E-state index contributed by atoms with van der Waals surface area (Å²) in [4.78, 5) is 42.5. The van der Waals surface area contributed by atoms with E-state index in [2.05, 4.69) is 15.6 Å². The lowest BCUT2D eigenvalue weighted by molar-refractivity contribution is -0.125. The van der Waals surface area contributed by atoms with Gasteiger partial charge in [-0.1, -0.05) is 24.3 Å². The van der Waals surface area contributed by atoms with Gasteiger partial charge in [0.2, 0.25) is 17.7 Å². The fraction of sp³-hybridized carbons (Fsp3) is 0.217. The Morgan fingerprint density at radius 2 is 1.82 bits per heavy atom. The third kappa shape index (κ3) is 7.11. The van der Waals surface area contributed by atoms with E-state index in [1.807, 2.05) is 0 Å². The largest absolute Gasteiger partial charge is 0.497 e. The second-order valence-corrected chi connectivity index (χ2v) is 7.84. The molecule has 0 saturated carbocycles. The number of hydrogen-bond donors (Lipinski definition) is 2. The molecule has 2 aromatic carbocycles. The molecule has 10 heteroatoms. The number of thiazole rings is 1.